The fourth-order valence-corrected chi connectivity index (χ4v) is 6.48. The average Bonchev–Trinajstić information content (AvgIpc) is 3.56. The van der Waals surface area contributed by atoms with E-state index in [1.165, 1.54) is 23.1 Å². The second-order valence-corrected chi connectivity index (χ2v) is 11.6. The number of rotatable bonds is 7. The van der Waals surface area contributed by atoms with Gasteiger partial charge in [0.25, 0.3) is 11.8 Å². The second-order valence-electron chi connectivity index (χ2n) is 9.37. The third-order valence-corrected chi connectivity index (χ3v) is 8.42. The van der Waals surface area contributed by atoms with E-state index < -0.39 is 0 Å². The molecule has 38 heavy (non-hydrogen) atoms. The Morgan fingerprint density at radius 1 is 0.895 bits per heavy atom. The van der Waals surface area contributed by atoms with Gasteiger partial charge in [0.1, 0.15) is 0 Å². The molecule has 4 aromatic rings. The van der Waals surface area contributed by atoms with Gasteiger partial charge in [0, 0.05) is 24.5 Å². The number of aromatic nitrogens is 1. The summed E-state index contributed by atoms with van der Waals surface area (Å²) < 4.78 is 1.68. The summed E-state index contributed by atoms with van der Waals surface area (Å²) in [7, 11) is 0. The van der Waals surface area contributed by atoms with Crippen LogP contribution in [0.3, 0.4) is 0 Å². The molecule has 0 bridgehead atoms. The summed E-state index contributed by atoms with van der Waals surface area (Å²) in [6.45, 7) is 5.46. The fraction of sp³-hybridized carbons (Fsp3) is 0.241. The number of thiazole rings is 1. The number of carbonyl (C=O) groups excluding carboxylic acids is 3. The molecule has 9 heteroatoms. The summed E-state index contributed by atoms with van der Waals surface area (Å²) in [4.78, 5) is 45.0. The Morgan fingerprint density at radius 3 is 2.34 bits per heavy atom. The maximum absolute atomic E-state index is 13.1. The number of benzene rings is 3. The predicted molar refractivity (Wildman–Crippen MR) is 154 cm³/mol. The average molecular weight is 545 g/mol. The topological polar surface area (TPSA) is 91.4 Å². The van der Waals surface area contributed by atoms with Crippen molar-refractivity contribution < 1.29 is 14.4 Å². The normalized spacial score (nSPS) is 13.1. The molecule has 0 aliphatic carbocycles. The first-order chi connectivity index (χ1) is 18.4. The molecule has 0 unspecified atom stereocenters. The van der Waals surface area contributed by atoms with E-state index in [9.17, 15) is 14.4 Å². The van der Waals surface area contributed by atoms with Gasteiger partial charge in [0.15, 0.2) is 4.34 Å². The Hall–Kier alpha value is -3.69. The standard InChI is InChI=1S/C29H28N4O3S2/c1-18-13-19(2)15-21(14-18)30-26(34)17-37-29-32-24-10-9-20(16-25(24)38-29)31-27(35)22-7-3-4-8-23(22)28(36)33-11-5-6-12-33/h3-4,7-10,13-16H,5-6,11-12,17H2,1-2H3,(H,30,34)(H,31,35). The molecule has 0 spiro atoms. The van der Waals surface area contributed by atoms with Gasteiger partial charge in [-0.05, 0) is 80.3 Å². The van der Waals surface area contributed by atoms with Gasteiger partial charge in [0.05, 0.1) is 27.1 Å². The summed E-state index contributed by atoms with van der Waals surface area (Å²) in [6.07, 6.45) is 1.98. The zero-order chi connectivity index (χ0) is 26.6. The molecular weight excluding hydrogens is 516 g/mol. The molecule has 3 amide bonds. The van der Waals surface area contributed by atoms with Gasteiger partial charge >= 0.3 is 0 Å². The number of hydrogen-bond acceptors (Lipinski definition) is 6. The van der Waals surface area contributed by atoms with Crippen molar-refractivity contribution in [1.82, 2.24) is 9.88 Å². The van der Waals surface area contributed by atoms with Crippen LogP contribution in [0.5, 0.6) is 0 Å². The van der Waals surface area contributed by atoms with Crippen LogP contribution in [0.4, 0.5) is 11.4 Å². The van der Waals surface area contributed by atoms with Crippen LogP contribution in [-0.2, 0) is 4.79 Å². The Labute approximate surface area is 229 Å². The third kappa shape index (κ3) is 6.06. The third-order valence-electron chi connectivity index (χ3n) is 6.25. The highest BCUT2D eigenvalue weighted by Crippen LogP contribution is 2.31. The Bertz CT molecular complexity index is 1510. The molecule has 1 aliphatic heterocycles. The number of nitrogens with one attached hydrogen (secondary N) is 2. The first kappa shape index (κ1) is 25.9. The van der Waals surface area contributed by atoms with E-state index >= 15 is 0 Å². The molecule has 1 aliphatic rings. The Balaban J connectivity index is 1.24. The molecule has 0 saturated carbocycles. The monoisotopic (exact) mass is 544 g/mol. The Morgan fingerprint density at radius 2 is 1.61 bits per heavy atom. The number of anilines is 2. The van der Waals surface area contributed by atoms with E-state index in [4.69, 9.17) is 0 Å². The van der Waals surface area contributed by atoms with Gasteiger partial charge in [-0.1, -0.05) is 30.0 Å². The van der Waals surface area contributed by atoms with Gasteiger partial charge in [-0.3, -0.25) is 14.4 Å². The predicted octanol–water partition coefficient (Wildman–Crippen LogP) is 6.13. The minimum atomic E-state index is -0.324. The highest BCUT2D eigenvalue weighted by Gasteiger charge is 2.24. The van der Waals surface area contributed by atoms with Crippen LogP contribution >= 0.6 is 23.1 Å². The summed E-state index contributed by atoms with van der Waals surface area (Å²) in [6, 6.07) is 18.4. The largest absolute Gasteiger partial charge is 0.339 e. The van der Waals surface area contributed by atoms with Gasteiger partial charge in [-0.2, -0.15) is 0 Å². The van der Waals surface area contributed by atoms with E-state index in [0.29, 0.717) is 16.8 Å². The first-order valence-corrected chi connectivity index (χ1v) is 14.3. The van der Waals surface area contributed by atoms with Crippen LogP contribution in [0.15, 0.2) is 65.0 Å². The smallest absolute Gasteiger partial charge is 0.256 e. The molecule has 2 heterocycles. The van der Waals surface area contributed by atoms with E-state index in [0.717, 1.165) is 57.3 Å². The van der Waals surface area contributed by atoms with Gasteiger partial charge < -0.3 is 15.5 Å². The molecule has 3 aromatic carbocycles. The maximum Gasteiger partial charge on any atom is 0.256 e. The van der Waals surface area contributed by atoms with E-state index in [1.54, 1.807) is 35.2 Å². The molecule has 7 nitrogen and oxygen atoms in total. The van der Waals surface area contributed by atoms with Crippen LogP contribution in [0, 0.1) is 13.8 Å². The number of aryl methyl sites for hydroxylation is 2. The number of likely N-dealkylation sites (tertiary alicyclic amines) is 1. The van der Waals surface area contributed by atoms with Crippen LogP contribution in [-0.4, -0.2) is 46.4 Å². The SMILES string of the molecule is Cc1cc(C)cc(NC(=O)CSc2nc3ccc(NC(=O)c4ccccc4C(=O)N4CCCC4)cc3s2)c1. The molecular formula is C29H28N4O3S2. The zero-order valence-electron chi connectivity index (χ0n) is 21.2. The molecule has 1 aromatic heterocycles. The van der Waals surface area contributed by atoms with Crippen molar-refractivity contribution in [2.75, 3.05) is 29.5 Å². The minimum Gasteiger partial charge on any atom is -0.339 e. The lowest BCUT2D eigenvalue weighted by Crippen LogP contribution is -2.29. The fourth-order valence-electron chi connectivity index (χ4n) is 4.57. The number of amides is 3. The molecule has 0 radical (unpaired) electrons. The zero-order valence-corrected chi connectivity index (χ0v) is 22.9. The summed E-state index contributed by atoms with van der Waals surface area (Å²) in [5.41, 5.74) is 5.20. The van der Waals surface area contributed by atoms with Crippen molar-refractivity contribution in [2.45, 2.75) is 31.0 Å². The van der Waals surface area contributed by atoms with Gasteiger partial charge in [-0.15, -0.1) is 11.3 Å². The van der Waals surface area contributed by atoms with Crippen molar-refractivity contribution in [3.05, 3.63) is 82.9 Å². The Kier molecular flexibility index (Phi) is 7.76. The maximum atomic E-state index is 13.1. The summed E-state index contributed by atoms with van der Waals surface area (Å²) >= 11 is 2.85. The van der Waals surface area contributed by atoms with Crippen LogP contribution in [0.2, 0.25) is 0 Å². The number of thioether (sulfide) groups is 1. The van der Waals surface area contributed by atoms with Crippen molar-refractivity contribution in [3.8, 4) is 0 Å². The first-order valence-electron chi connectivity index (χ1n) is 12.5. The number of hydrogen-bond donors (Lipinski definition) is 2. The lowest BCUT2D eigenvalue weighted by Gasteiger charge is -2.17. The lowest BCUT2D eigenvalue weighted by atomic mass is 10.1. The van der Waals surface area contributed by atoms with E-state index in [-0.39, 0.29) is 23.5 Å². The van der Waals surface area contributed by atoms with Gasteiger partial charge in [0.2, 0.25) is 5.91 Å². The lowest BCUT2D eigenvalue weighted by molar-refractivity contribution is -0.113. The van der Waals surface area contributed by atoms with E-state index in [1.807, 2.05) is 38.1 Å². The molecule has 2 N–H and O–H groups in total. The van der Waals surface area contributed by atoms with Crippen LogP contribution < -0.4 is 10.6 Å². The molecule has 5 rings (SSSR count). The van der Waals surface area contributed by atoms with Crippen molar-refractivity contribution >= 4 is 62.4 Å². The van der Waals surface area contributed by atoms with Crippen LogP contribution in [0.1, 0.15) is 44.7 Å². The molecule has 194 valence electrons. The van der Waals surface area contributed by atoms with Crippen molar-refractivity contribution in [3.63, 3.8) is 0 Å². The highest BCUT2D eigenvalue weighted by molar-refractivity contribution is 8.01. The number of carbonyl (C=O) groups is 3. The molecule has 1 saturated heterocycles. The summed E-state index contributed by atoms with van der Waals surface area (Å²) in [5, 5.41) is 5.88. The quantitative estimate of drug-likeness (QED) is 0.273. The molecule has 0 atom stereocenters. The second kappa shape index (κ2) is 11.4. The van der Waals surface area contributed by atoms with Gasteiger partial charge in [-0.25, -0.2) is 4.98 Å². The van der Waals surface area contributed by atoms with Crippen molar-refractivity contribution in [2.24, 2.45) is 0 Å². The van der Waals surface area contributed by atoms with E-state index in [2.05, 4.69) is 21.7 Å². The minimum absolute atomic E-state index is 0.0886. The summed E-state index contributed by atoms with van der Waals surface area (Å²) in [5.74, 6) is -0.267. The number of fused-ring (bicyclic) bond motifs is 1. The number of nitrogens with zero attached hydrogens (tertiary/aromatic N) is 2. The van der Waals surface area contributed by atoms with Crippen LogP contribution in [0.25, 0.3) is 10.2 Å². The van der Waals surface area contributed by atoms with Crippen molar-refractivity contribution in [1.29, 1.82) is 0 Å². The molecule has 1 fully saturated rings. The highest BCUT2D eigenvalue weighted by atomic mass is 32.2.